The number of carbonyl (C=O) groups excluding carboxylic acids is 1. The van der Waals surface area contributed by atoms with Crippen LogP contribution in [0.3, 0.4) is 0 Å². The van der Waals surface area contributed by atoms with Gasteiger partial charge in [-0.2, -0.15) is 0 Å². The Kier molecular flexibility index (Phi) is 12.9. The molecule has 0 spiro atoms. The molecule has 13 heteroatoms. The van der Waals surface area contributed by atoms with E-state index < -0.39 is 36.6 Å². The molecule has 4 unspecified atom stereocenters. The summed E-state index contributed by atoms with van der Waals surface area (Å²) < 4.78 is 18.1. The first kappa shape index (κ1) is 37.4. The predicted molar refractivity (Wildman–Crippen MR) is 183 cm³/mol. The second-order valence-corrected chi connectivity index (χ2v) is 13.6. The highest BCUT2D eigenvalue weighted by Crippen LogP contribution is 2.53. The van der Waals surface area contributed by atoms with Gasteiger partial charge in [0.1, 0.15) is 36.3 Å². The molecule has 11 nitrogen and oxygen atoms in total. The van der Waals surface area contributed by atoms with Crippen molar-refractivity contribution in [3.05, 3.63) is 81.6 Å². The van der Waals surface area contributed by atoms with Gasteiger partial charge < -0.3 is 44.6 Å². The normalized spacial score (nSPS) is 17.9. The Hall–Kier alpha value is -2.84. The summed E-state index contributed by atoms with van der Waals surface area (Å²) in [4.78, 5) is 18.3. The third kappa shape index (κ3) is 9.29. The van der Waals surface area contributed by atoms with Crippen molar-refractivity contribution in [1.29, 1.82) is 0 Å². The molecule has 49 heavy (non-hydrogen) atoms. The van der Waals surface area contributed by atoms with Crippen molar-refractivity contribution in [3.63, 3.8) is 0 Å². The SMILES string of the molecule is CN(CC(O)C(O)C(O)C(O)CO)C(=O)CCCCc1cc(Cl)c(COC2(c3cnccc3-c3ccccc3OC3COC3)CC2)cc1Cl. The lowest BCUT2D eigenvalue weighted by Gasteiger charge is -2.28. The Balaban J connectivity index is 1.14. The number of nitrogens with zero attached hydrogens (tertiary/aromatic N) is 2. The van der Waals surface area contributed by atoms with E-state index in [1.807, 2.05) is 48.7 Å². The number of benzene rings is 2. The number of unbranched alkanes of at least 4 members (excludes halogenated alkanes) is 1. The number of amides is 1. The number of para-hydroxylation sites is 1. The fourth-order valence-electron chi connectivity index (χ4n) is 5.83. The number of ether oxygens (including phenoxy) is 3. The zero-order valence-electron chi connectivity index (χ0n) is 27.4. The van der Waals surface area contributed by atoms with Gasteiger partial charge in [-0.15, -0.1) is 0 Å². The predicted octanol–water partition coefficient (Wildman–Crippen LogP) is 3.65. The molecule has 4 atom stereocenters. The van der Waals surface area contributed by atoms with Crippen LogP contribution in [-0.4, -0.2) is 105 Å². The summed E-state index contributed by atoms with van der Waals surface area (Å²) in [6.07, 6.45) is 0.790. The minimum absolute atomic E-state index is 0.0415. The monoisotopic (exact) mass is 718 g/mol. The second kappa shape index (κ2) is 16.9. The van der Waals surface area contributed by atoms with Crippen molar-refractivity contribution in [2.45, 2.75) is 81.3 Å². The number of aliphatic hydroxyl groups excluding tert-OH is 5. The van der Waals surface area contributed by atoms with Gasteiger partial charge in [0.05, 0.1) is 32.0 Å². The molecule has 0 bridgehead atoms. The number of hydrogen-bond donors (Lipinski definition) is 5. The molecule has 1 saturated heterocycles. The summed E-state index contributed by atoms with van der Waals surface area (Å²) >= 11 is 13.4. The lowest BCUT2D eigenvalue weighted by Crippen LogP contribution is -2.49. The average Bonchev–Trinajstić information content (AvgIpc) is 3.88. The van der Waals surface area contributed by atoms with Gasteiger partial charge in [-0.1, -0.05) is 41.4 Å². The molecular formula is C36H44Cl2N2O9. The van der Waals surface area contributed by atoms with E-state index >= 15 is 0 Å². The van der Waals surface area contributed by atoms with E-state index in [4.69, 9.17) is 42.5 Å². The maximum atomic E-state index is 12.6. The third-order valence-corrected chi connectivity index (χ3v) is 9.82. The molecule has 5 rings (SSSR count). The number of rotatable bonds is 18. The van der Waals surface area contributed by atoms with E-state index in [0.29, 0.717) is 42.5 Å². The number of carbonyl (C=O) groups is 1. The summed E-state index contributed by atoms with van der Waals surface area (Å²) in [5, 5.41) is 49.5. The van der Waals surface area contributed by atoms with Crippen LogP contribution in [0.15, 0.2) is 54.9 Å². The number of aryl methyl sites for hydroxylation is 1. The molecular weight excluding hydrogens is 675 g/mol. The third-order valence-electron chi connectivity index (χ3n) is 9.11. The Morgan fingerprint density at radius 1 is 1.00 bits per heavy atom. The van der Waals surface area contributed by atoms with E-state index in [1.165, 1.54) is 11.9 Å². The van der Waals surface area contributed by atoms with Gasteiger partial charge in [0, 0.05) is 53.6 Å². The van der Waals surface area contributed by atoms with Gasteiger partial charge in [0.15, 0.2) is 0 Å². The quantitative estimate of drug-likeness (QED) is 0.123. The van der Waals surface area contributed by atoms with Crippen molar-refractivity contribution in [2.75, 3.05) is 33.4 Å². The van der Waals surface area contributed by atoms with Gasteiger partial charge in [-0.05, 0) is 73.1 Å². The van der Waals surface area contributed by atoms with Crippen LogP contribution in [0, 0.1) is 0 Å². The molecule has 2 aromatic carbocycles. The Bertz CT molecular complexity index is 1570. The first-order valence-corrected chi connectivity index (χ1v) is 17.2. The first-order valence-electron chi connectivity index (χ1n) is 16.5. The lowest BCUT2D eigenvalue weighted by atomic mass is 9.96. The van der Waals surface area contributed by atoms with E-state index in [-0.39, 0.29) is 31.6 Å². The van der Waals surface area contributed by atoms with Crippen LogP contribution < -0.4 is 4.74 Å². The first-order chi connectivity index (χ1) is 23.5. The number of hydrogen-bond acceptors (Lipinski definition) is 10. The van der Waals surface area contributed by atoms with Crippen LogP contribution in [0.5, 0.6) is 5.75 Å². The van der Waals surface area contributed by atoms with E-state index in [1.54, 1.807) is 6.20 Å². The molecule has 1 aromatic heterocycles. The van der Waals surface area contributed by atoms with Gasteiger partial charge in [0.25, 0.3) is 0 Å². The van der Waals surface area contributed by atoms with Crippen LogP contribution in [0.1, 0.15) is 48.8 Å². The van der Waals surface area contributed by atoms with Crippen LogP contribution in [0.25, 0.3) is 11.1 Å². The largest absolute Gasteiger partial charge is 0.485 e. The van der Waals surface area contributed by atoms with E-state index in [0.717, 1.165) is 46.4 Å². The maximum Gasteiger partial charge on any atom is 0.222 e. The van der Waals surface area contributed by atoms with Crippen molar-refractivity contribution < 1.29 is 44.5 Å². The van der Waals surface area contributed by atoms with E-state index in [2.05, 4.69) is 4.98 Å². The number of pyridine rings is 1. The van der Waals surface area contributed by atoms with Crippen LogP contribution in [0.2, 0.25) is 10.0 Å². The summed E-state index contributed by atoms with van der Waals surface area (Å²) in [7, 11) is 1.48. The molecule has 0 radical (unpaired) electrons. The molecule has 2 aliphatic rings. The molecule has 3 aromatic rings. The summed E-state index contributed by atoms with van der Waals surface area (Å²) in [6, 6.07) is 13.6. The van der Waals surface area contributed by atoms with Gasteiger partial charge in [-0.3, -0.25) is 9.78 Å². The summed E-state index contributed by atoms with van der Waals surface area (Å²) in [6.45, 7) is 0.402. The topological polar surface area (TPSA) is 162 Å². The fourth-order valence-corrected chi connectivity index (χ4v) is 6.36. The summed E-state index contributed by atoms with van der Waals surface area (Å²) in [5.41, 5.74) is 4.12. The van der Waals surface area contributed by atoms with Crippen molar-refractivity contribution in [2.24, 2.45) is 0 Å². The molecule has 2 fully saturated rings. The lowest BCUT2D eigenvalue weighted by molar-refractivity contribution is -0.138. The Labute approximate surface area is 296 Å². The van der Waals surface area contributed by atoms with Gasteiger partial charge >= 0.3 is 0 Å². The van der Waals surface area contributed by atoms with Gasteiger partial charge in [-0.25, -0.2) is 0 Å². The molecule has 1 amide bonds. The highest BCUT2D eigenvalue weighted by molar-refractivity contribution is 6.34. The molecule has 2 heterocycles. The Morgan fingerprint density at radius 2 is 1.69 bits per heavy atom. The standard InChI is InChI=1S/C36H44Cl2N2O9/c1-40(17-30(42)34(45)35(46)31(43)18-41)33(44)9-5-2-6-22-14-29(38)23(15-28(22)37)19-48-36(11-12-36)27-16-39-13-10-25(27)26-7-3-4-8-32(26)49-24-20-47-21-24/h3-4,7-8,10,13-16,24,30-31,34-35,41-43,45-46H,2,5-6,9,11-12,17-21H2,1H3. The molecule has 1 aliphatic heterocycles. The van der Waals surface area contributed by atoms with Crippen LogP contribution in [0.4, 0.5) is 0 Å². The zero-order chi connectivity index (χ0) is 35.1. The van der Waals surface area contributed by atoms with Crippen molar-refractivity contribution in [3.8, 4) is 16.9 Å². The summed E-state index contributed by atoms with van der Waals surface area (Å²) in [5.74, 6) is 0.543. The number of likely N-dealkylation sites (N-methyl/N-ethyl adjacent to an activating group) is 1. The highest BCUT2D eigenvalue weighted by Gasteiger charge is 2.48. The van der Waals surface area contributed by atoms with Crippen LogP contribution >= 0.6 is 23.2 Å². The minimum Gasteiger partial charge on any atom is -0.485 e. The second-order valence-electron chi connectivity index (χ2n) is 12.8. The molecule has 1 saturated carbocycles. The zero-order valence-corrected chi connectivity index (χ0v) is 28.9. The van der Waals surface area contributed by atoms with Crippen molar-refractivity contribution >= 4 is 29.1 Å². The maximum absolute atomic E-state index is 12.6. The number of aliphatic hydroxyl groups is 5. The molecule has 5 N–H and O–H groups in total. The van der Waals surface area contributed by atoms with Crippen LogP contribution in [-0.2, 0) is 32.9 Å². The Morgan fingerprint density at radius 3 is 2.39 bits per heavy atom. The number of halogens is 2. The molecule has 266 valence electrons. The van der Waals surface area contributed by atoms with Gasteiger partial charge in [0.2, 0.25) is 5.91 Å². The fraction of sp³-hybridized carbons (Fsp3) is 0.500. The number of aromatic nitrogens is 1. The smallest absolute Gasteiger partial charge is 0.222 e. The average molecular weight is 720 g/mol. The van der Waals surface area contributed by atoms with Crippen molar-refractivity contribution in [1.82, 2.24) is 9.88 Å². The molecule has 1 aliphatic carbocycles. The van der Waals surface area contributed by atoms with E-state index in [9.17, 15) is 25.2 Å². The highest BCUT2D eigenvalue weighted by atomic mass is 35.5. The minimum atomic E-state index is -1.75.